The van der Waals surface area contributed by atoms with Crippen LogP contribution in [0.1, 0.15) is 34.1 Å². The molecule has 0 bridgehead atoms. The fourth-order valence-electron chi connectivity index (χ4n) is 1.98. The van der Waals surface area contributed by atoms with Crippen molar-refractivity contribution in [2.75, 3.05) is 19.7 Å². The Hall–Kier alpha value is -1.30. The van der Waals surface area contributed by atoms with Gasteiger partial charge in [0.25, 0.3) is 0 Å². The van der Waals surface area contributed by atoms with Gasteiger partial charge in [-0.2, -0.15) is 0 Å². The van der Waals surface area contributed by atoms with E-state index in [4.69, 9.17) is 15.2 Å². The molecule has 0 radical (unpaired) electrons. The normalized spacial score (nSPS) is 23.9. The van der Waals surface area contributed by atoms with Crippen LogP contribution in [-0.4, -0.2) is 48.3 Å². The highest BCUT2D eigenvalue weighted by molar-refractivity contribution is 5.76. The second kappa shape index (κ2) is 6.23. The van der Waals surface area contributed by atoms with Gasteiger partial charge in [0, 0.05) is 19.1 Å². The number of carbonyl (C=O) groups excluding carboxylic acids is 2. The van der Waals surface area contributed by atoms with Crippen molar-refractivity contribution in [3.05, 3.63) is 0 Å². The van der Waals surface area contributed by atoms with E-state index in [9.17, 15) is 9.59 Å². The molecule has 0 unspecified atom stereocenters. The van der Waals surface area contributed by atoms with Crippen LogP contribution in [0.15, 0.2) is 0 Å². The van der Waals surface area contributed by atoms with E-state index in [0.29, 0.717) is 19.6 Å². The predicted molar refractivity (Wildman–Crippen MR) is 70.5 cm³/mol. The number of amides is 1. The van der Waals surface area contributed by atoms with Gasteiger partial charge in [-0.25, -0.2) is 4.79 Å². The first-order chi connectivity index (χ1) is 8.74. The zero-order valence-electron chi connectivity index (χ0n) is 12.1. The summed E-state index contributed by atoms with van der Waals surface area (Å²) in [7, 11) is 0. The van der Waals surface area contributed by atoms with E-state index in [1.54, 1.807) is 6.92 Å². The fourth-order valence-corrected chi connectivity index (χ4v) is 1.98. The Balaban J connectivity index is 2.65. The molecule has 6 nitrogen and oxygen atoms in total. The lowest BCUT2D eigenvalue weighted by atomic mass is 9.93. The lowest BCUT2D eigenvalue weighted by molar-refractivity contribution is -0.162. The van der Waals surface area contributed by atoms with E-state index in [0.717, 1.165) is 0 Å². The summed E-state index contributed by atoms with van der Waals surface area (Å²) in [5.41, 5.74) is 5.40. The molecular formula is C13H24N2O4. The zero-order chi connectivity index (χ0) is 14.6. The van der Waals surface area contributed by atoms with Crippen molar-refractivity contribution in [1.29, 1.82) is 0 Å². The number of rotatable bonds is 2. The average molecular weight is 272 g/mol. The van der Waals surface area contributed by atoms with E-state index in [-0.39, 0.29) is 18.6 Å². The molecule has 1 amide bonds. The van der Waals surface area contributed by atoms with Crippen molar-refractivity contribution >= 4 is 12.1 Å². The molecule has 0 aromatic heterocycles. The first-order valence-corrected chi connectivity index (χ1v) is 6.64. The molecule has 110 valence electrons. The molecule has 6 heteroatoms. The first kappa shape index (κ1) is 15.8. The third-order valence-corrected chi connectivity index (χ3v) is 2.90. The zero-order valence-corrected chi connectivity index (χ0v) is 12.1. The van der Waals surface area contributed by atoms with E-state index < -0.39 is 17.6 Å². The molecule has 1 saturated heterocycles. The highest BCUT2D eigenvalue weighted by Gasteiger charge is 2.37. The van der Waals surface area contributed by atoms with E-state index in [2.05, 4.69) is 0 Å². The largest absolute Gasteiger partial charge is 0.460 e. The van der Waals surface area contributed by atoms with Crippen LogP contribution in [0, 0.1) is 5.92 Å². The maximum atomic E-state index is 12.1. The van der Waals surface area contributed by atoms with Gasteiger partial charge in [0.1, 0.15) is 5.60 Å². The van der Waals surface area contributed by atoms with Crippen molar-refractivity contribution in [2.24, 2.45) is 11.7 Å². The minimum Gasteiger partial charge on any atom is -0.460 e. The second-order valence-corrected chi connectivity index (χ2v) is 5.74. The van der Waals surface area contributed by atoms with Gasteiger partial charge in [-0.1, -0.05) is 0 Å². The molecule has 1 rings (SSSR count). The quantitative estimate of drug-likeness (QED) is 0.762. The van der Waals surface area contributed by atoms with Gasteiger partial charge < -0.3 is 20.1 Å². The van der Waals surface area contributed by atoms with Gasteiger partial charge in [-0.3, -0.25) is 4.79 Å². The lowest BCUT2D eigenvalue weighted by Gasteiger charge is -2.36. The monoisotopic (exact) mass is 272 g/mol. The maximum Gasteiger partial charge on any atom is 0.409 e. The van der Waals surface area contributed by atoms with Gasteiger partial charge >= 0.3 is 12.1 Å². The number of piperidine rings is 1. The summed E-state index contributed by atoms with van der Waals surface area (Å²) in [6.45, 7) is 8.26. The summed E-state index contributed by atoms with van der Waals surface area (Å²) in [6, 6.07) is -0.277. The number of carbonyl (C=O) groups is 2. The summed E-state index contributed by atoms with van der Waals surface area (Å²) in [5.74, 6) is -0.841. The average Bonchev–Trinajstić information content (AvgIpc) is 2.27. The second-order valence-electron chi connectivity index (χ2n) is 5.74. The molecule has 1 fully saturated rings. The van der Waals surface area contributed by atoms with Gasteiger partial charge in [0.2, 0.25) is 0 Å². The highest BCUT2D eigenvalue weighted by atomic mass is 16.6. The Bertz CT molecular complexity index is 338. The summed E-state index contributed by atoms with van der Waals surface area (Å²) >= 11 is 0. The lowest BCUT2D eigenvalue weighted by Crippen LogP contribution is -2.53. The Morgan fingerprint density at radius 3 is 2.53 bits per heavy atom. The third kappa shape index (κ3) is 4.70. The molecule has 0 aliphatic carbocycles. The molecule has 19 heavy (non-hydrogen) atoms. The van der Waals surface area contributed by atoms with Crippen LogP contribution in [0.25, 0.3) is 0 Å². The topological polar surface area (TPSA) is 81.9 Å². The molecule has 0 aromatic carbocycles. The molecule has 2 atom stereocenters. The van der Waals surface area contributed by atoms with Crippen LogP contribution in [-0.2, 0) is 14.3 Å². The van der Waals surface area contributed by atoms with Crippen LogP contribution >= 0.6 is 0 Å². The summed E-state index contributed by atoms with van der Waals surface area (Å²) in [4.78, 5) is 25.3. The summed E-state index contributed by atoms with van der Waals surface area (Å²) in [5, 5.41) is 0. The number of hydrogen-bond acceptors (Lipinski definition) is 5. The van der Waals surface area contributed by atoms with Gasteiger partial charge in [-0.05, 0) is 34.1 Å². The van der Waals surface area contributed by atoms with E-state index in [1.165, 1.54) is 4.90 Å². The first-order valence-electron chi connectivity index (χ1n) is 6.64. The highest BCUT2D eigenvalue weighted by Crippen LogP contribution is 2.20. The van der Waals surface area contributed by atoms with Crippen LogP contribution in [0.4, 0.5) is 4.79 Å². The van der Waals surface area contributed by atoms with Crippen LogP contribution in [0.3, 0.4) is 0 Å². The minimum absolute atomic E-state index is 0.259. The third-order valence-electron chi connectivity index (χ3n) is 2.90. The molecule has 1 aliphatic rings. The standard InChI is InChI=1S/C13H24N2O4/c1-5-18-12(17)15-7-6-10(14)9(8-15)11(16)19-13(2,3)4/h9-10H,5-8,14H2,1-4H3/t9-,10+/m0/s1. The van der Waals surface area contributed by atoms with Gasteiger partial charge in [-0.15, -0.1) is 0 Å². The molecule has 1 aliphatic heterocycles. The van der Waals surface area contributed by atoms with Gasteiger partial charge in [0.05, 0.1) is 12.5 Å². The molecule has 0 aromatic rings. The van der Waals surface area contributed by atoms with Crippen molar-refractivity contribution in [1.82, 2.24) is 4.90 Å². The van der Waals surface area contributed by atoms with Crippen LogP contribution in [0.5, 0.6) is 0 Å². The minimum atomic E-state index is -0.553. The summed E-state index contributed by atoms with van der Waals surface area (Å²) < 4.78 is 10.3. The Labute approximate surface area is 114 Å². The Morgan fingerprint density at radius 2 is 2.00 bits per heavy atom. The molecule has 0 saturated carbocycles. The van der Waals surface area contributed by atoms with Crippen LogP contribution < -0.4 is 5.73 Å². The molecule has 2 N–H and O–H groups in total. The van der Waals surface area contributed by atoms with E-state index >= 15 is 0 Å². The molecular weight excluding hydrogens is 248 g/mol. The van der Waals surface area contributed by atoms with Gasteiger partial charge in [0.15, 0.2) is 0 Å². The molecule has 1 heterocycles. The fraction of sp³-hybridized carbons (Fsp3) is 0.846. The predicted octanol–water partition coefficient (Wildman–Crippen LogP) is 1.13. The Kier molecular flexibility index (Phi) is 5.17. The van der Waals surface area contributed by atoms with Crippen molar-refractivity contribution < 1.29 is 19.1 Å². The summed E-state index contributed by atoms with van der Waals surface area (Å²) in [6.07, 6.45) is 0.172. The van der Waals surface area contributed by atoms with Crippen molar-refractivity contribution in [3.8, 4) is 0 Å². The SMILES string of the molecule is CCOC(=O)N1CC[C@@H](N)[C@@H](C(=O)OC(C)(C)C)C1. The number of hydrogen-bond donors (Lipinski definition) is 1. The maximum absolute atomic E-state index is 12.1. The number of likely N-dealkylation sites (tertiary alicyclic amines) is 1. The van der Waals surface area contributed by atoms with E-state index in [1.807, 2.05) is 20.8 Å². The van der Waals surface area contributed by atoms with Crippen molar-refractivity contribution in [2.45, 2.75) is 45.8 Å². The smallest absolute Gasteiger partial charge is 0.409 e. The number of ether oxygens (including phenoxy) is 2. The Morgan fingerprint density at radius 1 is 1.37 bits per heavy atom. The number of nitrogens with two attached hydrogens (primary N) is 1. The number of esters is 1. The number of nitrogens with zero attached hydrogens (tertiary/aromatic N) is 1. The van der Waals surface area contributed by atoms with Crippen molar-refractivity contribution in [3.63, 3.8) is 0 Å². The molecule has 0 spiro atoms. The van der Waals surface area contributed by atoms with Crippen LogP contribution in [0.2, 0.25) is 0 Å².